The molecule has 0 bridgehead atoms. The minimum atomic E-state index is -0.170. The summed E-state index contributed by atoms with van der Waals surface area (Å²) in [6.07, 6.45) is 0. The third kappa shape index (κ3) is 2.65. The summed E-state index contributed by atoms with van der Waals surface area (Å²) in [6, 6.07) is 5.26. The second-order valence-electron chi connectivity index (χ2n) is 3.46. The number of thiazole rings is 1. The Kier molecular flexibility index (Phi) is 3.44. The third-order valence-electron chi connectivity index (χ3n) is 2.19. The number of nitrogens with one attached hydrogen (secondary N) is 1. The highest BCUT2D eigenvalue weighted by atomic mass is 79.9. The smallest absolute Gasteiger partial charge is 0.267 e. The summed E-state index contributed by atoms with van der Waals surface area (Å²) >= 11 is 4.68. The van der Waals surface area contributed by atoms with E-state index in [4.69, 9.17) is 5.73 Å². The lowest BCUT2D eigenvalue weighted by Crippen LogP contribution is -2.12. The number of amides is 1. The zero-order chi connectivity index (χ0) is 12.4. The second kappa shape index (κ2) is 4.85. The molecule has 2 rings (SSSR count). The highest BCUT2D eigenvalue weighted by Gasteiger charge is 2.13. The van der Waals surface area contributed by atoms with Crippen LogP contribution >= 0.6 is 27.3 Å². The number of halogens is 1. The van der Waals surface area contributed by atoms with Gasteiger partial charge in [0.25, 0.3) is 5.91 Å². The fourth-order valence-electron chi connectivity index (χ4n) is 1.34. The summed E-state index contributed by atoms with van der Waals surface area (Å²) in [5, 5.41) is 2.80. The van der Waals surface area contributed by atoms with Crippen LogP contribution < -0.4 is 11.1 Å². The topological polar surface area (TPSA) is 68.0 Å². The SMILES string of the molecule is Cc1ncsc1C(=O)Nc1cc(N)ccc1Br. The van der Waals surface area contributed by atoms with Gasteiger partial charge >= 0.3 is 0 Å². The number of benzene rings is 1. The van der Waals surface area contributed by atoms with Crippen molar-refractivity contribution in [1.29, 1.82) is 0 Å². The van der Waals surface area contributed by atoms with Crippen molar-refractivity contribution in [3.05, 3.63) is 38.8 Å². The van der Waals surface area contributed by atoms with Crippen LogP contribution in [0.25, 0.3) is 0 Å². The Morgan fingerprint density at radius 3 is 2.94 bits per heavy atom. The molecule has 3 N–H and O–H groups in total. The quantitative estimate of drug-likeness (QED) is 0.838. The van der Waals surface area contributed by atoms with Crippen molar-refractivity contribution in [3.63, 3.8) is 0 Å². The van der Waals surface area contributed by atoms with Gasteiger partial charge in [-0.25, -0.2) is 4.98 Å². The molecular formula is C11H10BrN3OS. The molecule has 17 heavy (non-hydrogen) atoms. The van der Waals surface area contributed by atoms with Gasteiger partial charge in [0.15, 0.2) is 0 Å². The van der Waals surface area contributed by atoms with Crippen molar-refractivity contribution in [1.82, 2.24) is 4.98 Å². The van der Waals surface area contributed by atoms with E-state index in [0.29, 0.717) is 16.3 Å². The first kappa shape index (κ1) is 12.1. The Hall–Kier alpha value is -1.40. The lowest BCUT2D eigenvalue weighted by atomic mass is 10.2. The standard InChI is InChI=1S/C11H10BrN3OS/c1-6-10(17-5-14-6)11(16)15-9-4-7(13)2-3-8(9)12/h2-5H,13H2,1H3,(H,15,16). The number of carbonyl (C=O) groups is 1. The number of hydrogen-bond acceptors (Lipinski definition) is 4. The fraction of sp³-hybridized carbons (Fsp3) is 0.0909. The average Bonchev–Trinajstić information content (AvgIpc) is 2.70. The molecule has 0 aliphatic rings. The van der Waals surface area contributed by atoms with E-state index in [9.17, 15) is 4.79 Å². The van der Waals surface area contributed by atoms with Crippen molar-refractivity contribution in [2.24, 2.45) is 0 Å². The lowest BCUT2D eigenvalue weighted by molar-refractivity contribution is 0.103. The van der Waals surface area contributed by atoms with E-state index in [1.807, 2.05) is 0 Å². The Balaban J connectivity index is 2.24. The first-order chi connectivity index (χ1) is 8.08. The summed E-state index contributed by atoms with van der Waals surface area (Å²) in [7, 11) is 0. The number of carbonyl (C=O) groups excluding carboxylic acids is 1. The number of hydrogen-bond donors (Lipinski definition) is 2. The molecule has 0 saturated carbocycles. The van der Waals surface area contributed by atoms with Gasteiger partial charge in [-0.3, -0.25) is 4.79 Å². The summed E-state index contributed by atoms with van der Waals surface area (Å²) in [5.74, 6) is -0.170. The van der Waals surface area contributed by atoms with Crippen LogP contribution in [0, 0.1) is 6.92 Å². The van der Waals surface area contributed by atoms with E-state index in [1.54, 1.807) is 30.6 Å². The van der Waals surface area contributed by atoms with E-state index < -0.39 is 0 Å². The van der Waals surface area contributed by atoms with Gasteiger partial charge in [0, 0.05) is 10.2 Å². The van der Waals surface area contributed by atoms with Gasteiger partial charge in [-0.2, -0.15) is 0 Å². The molecule has 0 unspecified atom stereocenters. The number of rotatable bonds is 2. The van der Waals surface area contributed by atoms with Gasteiger partial charge < -0.3 is 11.1 Å². The van der Waals surface area contributed by atoms with Gasteiger partial charge in [0.1, 0.15) is 4.88 Å². The molecule has 1 aromatic carbocycles. The van der Waals surface area contributed by atoms with Crippen molar-refractivity contribution in [3.8, 4) is 0 Å². The molecule has 0 atom stereocenters. The van der Waals surface area contributed by atoms with Crippen LogP contribution in [-0.2, 0) is 0 Å². The minimum Gasteiger partial charge on any atom is -0.399 e. The van der Waals surface area contributed by atoms with Crippen LogP contribution in [0.5, 0.6) is 0 Å². The maximum Gasteiger partial charge on any atom is 0.267 e. The maximum absolute atomic E-state index is 12.0. The van der Waals surface area contributed by atoms with Gasteiger partial charge in [-0.05, 0) is 41.1 Å². The first-order valence-electron chi connectivity index (χ1n) is 4.84. The van der Waals surface area contributed by atoms with E-state index in [2.05, 4.69) is 26.2 Å². The summed E-state index contributed by atoms with van der Waals surface area (Å²) in [4.78, 5) is 16.6. The van der Waals surface area contributed by atoms with Crippen molar-refractivity contribution in [2.45, 2.75) is 6.92 Å². The Bertz CT molecular complexity index is 568. The molecule has 0 saturated heterocycles. The van der Waals surface area contributed by atoms with Crippen molar-refractivity contribution < 1.29 is 4.79 Å². The molecule has 1 amide bonds. The molecular weight excluding hydrogens is 302 g/mol. The predicted molar refractivity (Wildman–Crippen MR) is 73.4 cm³/mol. The Morgan fingerprint density at radius 1 is 1.53 bits per heavy atom. The van der Waals surface area contributed by atoms with Crippen LogP contribution in [0.2, 0.25) is 0 Å². The molecule has 4 nitrogen and oxygen atoms in total. The number of nitrogens with zero attached hydrogens (tertiary/aromatic N) is 1. The highest BCUT2D eigenvalue weighted by Crippen LogP contribution is 2.25. The molecule has 0 spiro atoms. The number of aryl methyl sites for hydroxylation is 1. The summed E-state index contributed by atoms with van der Waals surface area (Å²) < 4.78 is 0.794. The van der Waals surface area contributed by atoms with E-state index in [1.165, 1.54) is 11.3 Å². The summed E-state index contributed by atoms with van der Waals surface area (Å²) in [6.45, 7) is 1.81. The average molecular weight is 312 g/mol. The molecule has 1 heterocycles. The first-order valence-corrected chi connectivity index (χ1v) is 6.51. The highest BCUT2D eigenvalue weighted by molar-refractivity contribution is 9.10. The van der Waals surface area contributed by atoms with Crippen LogP contribution in [0.1, 0.15) is 15.4 Å². The van der Waals surface area contributed by atoms with E-state index in [-0.39, 0.29) is 5.91 Å². The molecule has 0 aliphatic heterocycles. The van der Waals surface area contributed by atoms with Gasteiger partial charge in [0.2, 0.25) is 0 Å². The zero-order valence-corrected chi connectivity index (χ0v) is 11.4. The normalized spacial score (nSPS) is 10.2. The molecule has 0 fully saturated rings. The fourth-order valence-corrected chi connectivity index (χ4v) is 2.38. The number of aromatic nitrogens is 1. The predicted octanol–water partition coefficient (Wildman–Crippen LogP) is 3.05. The summed E-state index contributed by atoms with van der Waals surface area (Å²) in [5.41, 5.74) is 9.31. The molecule has 0 radical (unpaired) electrons. The Labute approximate surface area is 111 Å². The van der Waals surface area contributed by atoms with E-state index >= 15 is 0 Å². The number of nitrogens with two attached hydrogens (primary N) is 1. The maximum atomic E-state index is 12.0. The lowest BCUT2D eigenvalue weighted by Gasteiger charge is -2.07. The van der Waals surface area contributed by atoms with Crippen LogP contribution in [0.3, 0.4) is 0 Å². The minimum absolute atomic E-state index is 0.170. The number of nitrogen functional groups attached to an aromatic ring is 1. The molecule has 6 heteroatoms. The van der Waals surface area contributed by atoms with Crippen molar-refractivity contribution >= 4 is 44.5 Å². The monoisotopic (exact) mass is 311 g/mol. The molecule has 2 aromatic rings. The number of anilines is 2. The largest absolute Gasteiger partial charge is 0.399 e. The second-order valence-corrected chi connectivity index (χ2v) is 5.17. The van der Waals surface area contributed by atoms with Crippen LogP contribution in [-0.4, -0.2) is 10.9 Å². The molecule has 0 aliphatic carbocycles. The van der Waals surface area contributed by atoms with Crippen LogP contribution in [0.15, 0.2) is 28.2 Å². The zero-order valence-electron chi connectivity index (χ0n) is 9.03. The van der Waals surface area contributed by atoms with E-state index in [0.717, 1.165) is 10.2 Å². The molecule has 88 valence electrons. The van der Waals surface area contributed by atoms with Crippen molar-refractivity contribution in [2.75, 3.05) is 11.1 Å². The molecule has 1 aromatic heterocycles. The third-order valence-corrected chi connectivity index (χ3v) is 3.81. The van der Waals surface area contributed by atoms with Crippen LogP contribution in [0.4, 0.5) is 11.4 Å². The Morgan fingerprint density at radius 2 is 2.29 bits per heavy atom. The van der Waals surface area contributed by atoms with Gasteiger partial charge in [0.05, 0.1) is 16.9 Å². The van der Waals surface area contributed by atoms with Gasteiger partial charge in [-0.1, -0.05) is 0 Å². The van der Waals surface area contributed by atoms with Gasteiger partial charge in [-0.15, -0.1) is 11.3 Å².